The number of ether oxygens (including phenoxy) is 2. The summed E-state index contributed by atoms with van der Waals surface area (Å²) in [5.74, 6) is 1.57. The average Bonchev–Trinajstić information content (AvgIpc) is 3.39. The van der Waals surface area contributed by atoms with Gasteiger partial charge in [-0.1, -0.05) is 25.7 Å². The predicted molar refractivity (Wildman–Crippen MR) is 132 cm³/mol. The maximum atomic E-state index is 13.6. The highest BCUT2D eigenvalue weighted by Gasteiger charge is 2.51. The Hall–Kier alpha value is -0.130. The number of carbonyl (C=O) groups is 1. The summed E-state index contributed by atoms with van der Waals surface area (Å²) in [7, 11) is 1.96. The number of likely N-dealkylation sites (N-methyl/N-ethyl adjacent to an activating group) is 1. The summed E-state index contributed by atoms with van der Waals surface area (Å²) < 4.78 is 12.2. The standard InChI is InChI=1S/C24H41ClN2O6S/c1-12(25)16(22-19(29)18(28)20(30)24(33-22)34-3)26-23(31)17-21-15(11-27(17)2)10-14(8-9-32-21)13-6-4-5-7-13/h12-22,24,28-30H,4-11H2,1-3H3,(H,26,31)/t12-,14+,15-,16+,17-,18+,19?,20+,21+,22+,24?/m0/s1. The van der Waals surface area contributed by atoms with Crippen LogP contribution in [0.15, 0.2) is 0 Å². The second-order valence-electron chi connectivity index (χ2n) is 10.7. The molecule has 3 heterocycles. The van der Waals surface area contributed by atoms with Crippen LogP contribution in [-0.4, -0.2) is 106 Å². The number of aliphatic hydroxyl groups excluding tert-OH is 3. The molecule has 1 amide bonds. The van der Waals surface area contributed by atoms with Crippen molar-refractivity contribution in [1.82, 2.24) is 10.2 Å². The van der Waals surface area contributed by atoms with Gasteiger partial charge in [-0.2, -0.15) is 0 Å². The van der Waals surface area contributed by atoms with E-state index in [-0.39, 0.29) is 12.0 Å². The molecule has 11 atom stereocenters. The second kappa shape index (κ2) is 11.5. The van der Waals surface area contributed by atoms with Gasteiger partial charge in [-0.3, -0.25) is 9.69 Å². The van der Waals surface area contributed by atoms with Crippen LogP contribution in [0.2, 0.25) is 0 Å². The largest absolute Gasteiger partial charge is 0.388 e. The van der Waals surface area contributed by atoms with Crippen molar-refractivity contribution in [3.05, 3.63) is 0 Å². The molecule has 4 fully saturated rings. The Morgan fingerprint density at radius 1 is 1.09 bits per heavy atom. The van der Waals surface area contributed by atoms with Gasteiger partial charge in [0.1, 0.15) is 35.9 Å². The Morgan fingerprint density at radius 2 is 1.79 bits per heavy atom. The number of nitrogens with zero attached hydrogens (tertiary/aromatic N) is 1. The molecule has 4 aliphatic rings. The number of thioether (sulfide) groups is 1. The van der Waals surface area contributed by atoms with Crippen molar-refractivity contribution in [3.8, 4) is 0 Å². The van der Waals surface area contributed by atoms with Crippen LogP contribution in [0.25, 0.3) is 0 Å². The third kappa shape index (κ3) is 5.42. The molecule has 10 heteroatoms. The molecule has 0 aromatic carbocycles. The fourth-order valence-corrected chi connectivity index (χ4v) is 7.56. The minimum Gasteiger partial charge on any atom is -0.388 e. The summed E-state index contributed by atoms with van der Waals surface area (Å²) >= 11 is 7.70. The van der Waals surface area contributed by atoms with Gasteiger partial charge < -0.3 is 30.1 Å². The number of nitrogens with one attached hydrogen (secondary N) is 1. The van der Waals surface area contributed by atoms with Crippen molar-refractivity contribution in [3.63, 3.8) is 0 Å². The molecule has 0 spiro atoms. The Kier molecular flexibility index (Phi) is 9.11. The average molecular weight is 521 g/mol. The molecule has 2 unspecified atom stereocenters. The molecule has 1 aliphatic carbocycles. The number of halogens is 1. The number of rotatable bonds is 6. The van der Waals surface area contributed by atoms with Crippen molar-refractivity contribution in [2.75, 3.05) is 26.5 Å². The molecule has 3 aliphatic heterocycles. The number of alkyl halides is 1. The lowest BCUT2D eigenvalue weighted by Crippen LogP contribution is -2.65. The molecule has 8 nitrogen and oxygen atoms in total. The molecule has 196 valence electrons. The smallest absolute Gasteiger partial charge is 0.240 e. The van der Waals surface area contributed by atoms with Gasteiger partial charge in [-0.25, -0.2) is 0 Å². The molecule has 0 bridgehead atoms. The highest BCUT2D eigenvalue weighted by molar-refractivity contribution is 7.99. The first-order valence-corrected chi connectivity index (χ1v) is 14.4. The van der Waals surface area contributed by atoms with E-state index in [1.54, 1.807) is 13.2 Å². The zero-order valence-electron chi connectivity index (χ0n) is 20.4. The lowest BCUT2D eigenvalue weighted by atomic mass is 9.81. The third-order valence-corrected chi connectivity index (χ3v) is 9.64. The number of aliphatic hydroxyl groups is 3. The normalized spacial score (nSPS) is 43.8. The molecular formula is C24H41ClN2O6S. The number of hydrogen-bond donors (Lipinski definition) is 4. The molecule has 34 heavy (non-hydrogen) atoms. The van der Waals surface area contributed by atoms with Gasteiger partial charge in [0.05, 0.1) is 17.5 Å². The van der Waals surface area contributed by atoms with Crippen molar-refractivity contribution in [1.29, 1.82) is 0 Å². The van der Waals surface area contributed by atoms with E-state index in [4.69, 9.17) is 21.1 Å². The van der Waals surface area contributed by atoms with Crippen molar-refractivity contribution >= 4 is 29.3 Å². The fourth-order valence-electron chi connectivity index (χ4n) is 6.67. The molecule has 4 rings (SSSR count). The highest BCUT2D eigenvalue weighted by atomic mass is 35.5. The number of likely N-dealkylation sites (tertiary alicyclic amines) is 1. The summed E-state index contributed by atoms with van der Waals surface area (Å²) in [5.41, 5.74) is -0.727. The third-order valence-electron chi connectivity index (χ3n) is 8.51. The molecule has 0 radical (unpaired) electrons. The second-order valence-corrected chi connectivity index (χ2v) is 12.3. The van der Waals surface area contributed by atoms with Gasteiger partial charge in [0.15, 0.2) is 0 Å². The van der Waals surface area contributed by atoms with Crippen LogP contribution in [-0.2, 0) is 14.3 Å². The number of amides is 1. The van der Waals surface area contributed by atoms with Crippen LogP contribution < -0.4 is 5.32 Å². The summed E-state index contributed by atoms with van der Waals surface area (Å²) in [6, 6.07) is -1.19. The fraction of sp³-hybridized carbons (Fsp3) is 0.958. The van der Waals surface area contributed by atoms with Gasteiger partial charge in [-0.05, 0) is 44.9 Å². The Bertz CT molecular complexity index is 696. The Labute approximate surface area is 212 Å². The molecule has 0 aromatic heterocycles. The van der Waals surface area contributed by atoms with Gasteiger partial charge in [-0.15, -0.1) is 23.4 Å². The van der Waals surface area contributed by atoms with Crippen LogP contribution in [0.1, 0.15) is 45.4 Å². The first-order valence-electron chi connectivity index (χ1n) is 12.7. The highest BCUT2D eigenvalue weighted by Crippen LogP contribution is 2.42. The number of carbonyl (C=O) groups excluding carboxylic acids is 1. The topological polar surface area (TPSA) is 111 Å². The van der Waals surface area contributed by atoms with Crippen LogP contribution in [0.4, 0.5) is 0 Å². The van der Waals surface area contributed by atoms with E-state index in [1.165, 1.54) is 37.4 Å². The van der Waals surface area contributed by atoms with Crippen LogP contribution >= 0.6 is 23.4 Å². The zero-order chi connectivity index (χ0) is 24.6. The quantitative estimate of drug-likeness (QED) is 0.386. The zero-order valence-corrected chi connectivity index (χ0v) is 22.0. The first kappa shape index (κ1) is 26.9. The van der Waals surface area contributed by atoms with E-state index in [0.29, 0.717) is 18.4 Å². The molecule has 1 saturated carbocycles. The maximum absolute atomic E-state index is 13.6. The lowest BCUT2D eigenvalue weighted by Gasteiger charge is -2.44. The van der Waals surface area contributed by atoms with Crippen LogP contribution in [0, 0.1) is 17.8 Å². The SMILES string of the molecule is CSC1O[C@H]([C@H](NC(=O)[C@@H]2[C@@H]3OCC[C@@H](C4CCCC4)C[C@H]3CN2C)[C@H](C)Cl)C(O)[C@@H](O)[C@H]1O. The van der Waals surface area contributed by atoms with Gasteiger partial charge in [0.2, 0.25) is 5.91 Å². The Balaban J connectivity index is 1.45. The van der Waals surface area contributed by atoms with Crippen molar-refractivity contribution < 1.29 is 29.6 Å². The number of fused-ring (bicyclic) bond motifs is 1. The molecule has 4 N–H and O–H groups in total. The molecular weight excluding hydrogens is 480 g/mol. The van der Waals surface area contributed by atoms with E-state index in [0.717, 1.165) is 25.3 Å². The number of hydrogen-bond acceptors (Lipinski definition) is 8. The van der Waals surface area contributed by atoms with E-state index >= 15 is 0 Å². The minimum absolute atomic E-state index is 0.175. The first-order chi connectivity index (χ1) is 16.2. The van der Waals surface area contributed by atoms with Crippen molar-refractivity contribution in [2.24, 2.45) is 17.8 Å². The monoisotopic (exact) mass is 520 g/mol. The van der Waals surface area contributed by atoms with Gasteiger partial charge in [0, 0.05) is 19.1 Å². The Morgan fingerprint density at radius 3 is 2.44 bits per heavy atom. The summed E-state index contributed by atoms with van der Waals surface area (Å²) in [4.78, 5) is 15.6. The summed E-state index contributed by atoms with van der Waals surface area (Å²) in [6.07, 6.45) is 4.11. The van der Waals surface area contributed by atoms with E-state index in [2.05, 4.69) is 10.2 Å². The van der Waals surface area contributed by atoms with E-state index in [9.17, 15) is 20.1 Å². The van der Waals surface area contributed by atoms with Gasteiger partial charge in [0.25, 0.3) is 0 Å². The predicted octanol–water partition coefficient (Wildman–Crippen LogP) is 1.18. The lowest BCUT2D eigenvalue weighted by molar-refractivity contribution is -0.205. The van der Waals surface area contributed by atoms with Crippen molar-refractivity contribution in [2.45, 2.75) is 98.9 Å². The van der Waals surface area contributed by atoms with E-state index < -0.39 is 47.3 Å². The van der Waals surface area contributed by atoms with Crippen LogP contribution in [0.5, 0.6) is 0 Å². The minimum atomic E-state index is -1.39. The summed E-state index contributed by atoms with van der Waals surface area (Å²) in [6.45, 7) is 3.22. The van der Waals surface area contributed by atoms with E-state index in [1.807, 2.05) is 7.05 Å². The molecule has 3 saturated heterocycles. The summed E-state index contributed by atoms with van der Waals surface area (Å²) in [5, 5.41) is 33.6. The van der Waals surface area contributed by atoms with Gasteiger partial charge >= 0.3 is 0 Å². The molecule has 0 aromatic rings. The maximum Gasteiger partial charge on any atom is 0.240 e. The van der Waals surface area contributed by atoms with Crippen LogP contribution in [0.3, 0.4) is 0 Å².